The van der Waals surface area contributed by atoms with Gasteiger partial charge in [-0.2, -0.15) is 4.68 Å². The summed E-state index contributed by atoms with van der Waals surface area (Å²) in [5.74, 6) is -0.154. The Kier molecular flexibility index (Phi) is 4.34. The molecule has 0 aliphatic carbocycles. The first-order chi connectivity index (χ1) is 11.5. The molecule has 0 spiro atoms. The standard InChI is InChI=1S/C14H15ClN6O3/c1-9(22)16-11-5-6-19(8-11)13(23)21-14(24)20(17-18-21)12-4-2-3-10(15)7-12/h2-4,7,11H,5-6,8H2,1H3,(H,16,22)/t11-/m1/s1. The molecule has 0 saturated carbocycles. The molecule has 9 nitrogen and oxygen atoms in total. The molecule has 10 heteroatoms. The quantitative estimate of drug-likeness (QED) is 0.783. The minimum absolute atomic E-state index is 0.120. The predicted octanol–water partition coefficient (Wildman–Crippen LogP) is 0.261. The van der Waals surface area contributed by atoms with Gasteiger partial charge in [0.25, 0.3) is 0 Å². The molecule has 1 aliphatic heterocycles. The number of likely N-dealkylation sites (tertiary alicyclic amines) is 1. The topological polar surface area (TPSA) is 102 Å². The van der Waals surface area contributed by atoms with Crippen LogP contribution in [-0.2, 0) is 4.79 Å². The van der Waals surface area contributed by atoms with Gasteiger partial charge in [-0.3, -0.25) is 4.79 Å². The van der Waals surface area contributed by atoms with Gasteiger partial charge in [0, 0.05) is 31.1 Å². The number of carbonyl (C=O) groups is 2. The van der Waals surface area contributed by atoms with Crippen molar-refractivity contribution in [1.82, 2.24) is 30.0 Å². The van der Waals surface area contributed by atoms with Gasteiger partial charge in [0.2, 0.25) is 5.91 Å². The van der Waals surface area contributed by atoms with Crippen LogP contribution in [0, 0.1) is 0 Å². The Bertz CT molecular complexity index is 845. The third kappa shape index (κ3) is 3.16. The number of tetrazole rings is 1. The summed E-state index contributed by atoms with van der Waals surface area (Å²) in [6.07, 6.45) is 0.627. The van der Waals surface area contributed by atoms with Crippen LogP contribution in [0.25, 0.3) is 5.69 Å². The number of benzene rings is 1. The van der Waals surface area contributed by atoms with Crippen molar-refractivity contribution in [2.45, 2.75) is 19.4 Å². The molecule has 1 atom stereocenters. The molecule has 1 saturated heterocycles. The zero-order chi connectivity index (χ0) is 17.3. The van der Waals surface area contributed by atoms with E-state index in [-0.39, 0.29) is 11.9 Å². The minimum atomic E-state index is -0.676. The lowest BCUT2D eigenvalue weighted by molar-refractivity contribution is -0.119. The van der Waals surface area contributed by atoms with Crippen LogP contribution >= 0.6 is 11.6 Å². The molecule has 1 fully saturated rings. The van der Waals surface area contributed by atoms with Crippen molar-refractivity contribution in [2.24, 2.45) is 0 Å². The summed E-state index contributed by atoms with van der Waals surface area (Å²) in [6.45, 7) is 2.18. The first-order valence-corrected chi connectivity index (χ1v) is 7.71. The first kappa shape index (κ1) is 16.2. The van der Waals surface area contributed by atoms with E-state index in [4.69, 9.17) is 11.6 Å². The Morgan fingerprint density at radius 1 is 1.33 bits per heavy atom. The molecular weight excluding hydrogens is 336 g/mol. The number of amides is 2. The maximum absolute atomic E-state index is 12.4. The fourth-order valence-electron chi connectivity index (χ4n) is 2.61. The summed E-state index contributed by atoms with van der Waals surface area (Å²) in [6, 6.07) is 5.84. The van der Waals surface area contributed by atoms with Crippen LogP contribution in [0.4, 0.5) is 4.79 Å². The van der Waals surface area contributed by atoms with E-state index >= 15 is 0 Å². The van der Waals surface area contributed by atoms with Gasteiger partial charge in [0.1, 0.15) is 0 Å². The van der Waals surface area contributed by atoms with Crippen LogP contribution in [0.3, 0.4) is 0 Å². The number of nitrogens with zero attached hydrogens (tertiary/aromatic N) is 5. The Morgan fingerprint density at radius 3 is 2.83 bits per heavy atom. The molecule has 3 rings (SSSR count). The highest BCUT2D eigenvalue weighted by Gasteiger charge is 2.29. The average Bonchev–Trinajstić information content (AvgIpc) is 3.13. The highest BCUT2D eigenvalue weighted by atomic mass is 35.5. The second-order valence-electron chi connectivity index (χ2n) is 5.48. The van der Waals surface area contributed by atoms with Crippen LogP contribution in [-0.4, -0.2) is 55.8 Å². The molecule has 1 aromatic heterocycles. The highest BCUT2D eigenvalue weighted by molar-refractivity contribution is 6.30. The van der Waals surface area contributed by atoms with Gasteiger partial charge in [-0.1, -0.05) is 17.7 Å². The van der Waals surface area contributed by atoms with E-state index in [2.05, 4.69) is 15.7 Å². The van der Waals surface area contributed by atoms with E-state index in [0.717, 1.165) is 4.68 Å². The summed E-state index contributed by atoms with van der Waals surface area (Å²) in [4.78, 5) is 37.4. The number of aromatic nitrogens is 4. The number of nitrogens with one attached hydrogen (secondary N) is 1. The van der Waals surface area contributed by atoms with E-state index < -0.39 is 11.7 Å². The monoisotopic (exact) mass is 350 g/mol. The summed E-state index contributed by atoms with van der Waals surface area (Å²) in [5.41, 5.74) is -0.255. The largest absolute Gasteiger partial charge is 0.377 e. The Morgan fingerprint density at radius 2 is 2.12 bits per heavy atom. The van der Waals surface area contributed by atoms with Crippen molar-refractivity contribution < 1.29 is 9.59 Å². The van der Waals surface area contributed by atoms with Gasteiger partial charge >= 0.3 is 11.7 Å². The van der Waals surface area contributed by atoms with Crippen LogP contribution in [0.1, 0.15) is 13.3 Å². The van der Waals surface area contributed by atoms with Crippen LogP contribution in [0.2, 0.25) is 5.02 Å². The summed E-state index contributed by atoms with van der Waals surface area (Å²) in [7, 11) is 0. The Hall–Kier alpha value is -2.68. The number of carbonyl (C=O) groups excluding carboxylic acids is 2. The Labute approximate surface area is 141 Å². The molecule has 2 aromatic rings. The van der Waals surface area contributed by atoms with E-state index in [9.17, 15) is 14.4 Å². The fraction of sp³-hybridized carbons (Fsp3) is 0.357. The smallest absolute Gasteiger partial charge is 0.352 e. The fourth-order valence-corrected chi connectivity index (χ4v) is 2.79. The molecule has 0 unspecified atom stereocenters. The molecule has 126 valence electrons. The maximum Gasteiger partial charge on any atom is 0.377 e. The third-order valence-electron chi connectivity index (χ3n) is 3.68. The first-order valence-electron chi connectivity index (χ1n) is 7.33. The number of hydrogen-bond acceptors (Lipinski definition) is 5. The molecule has 2 heterocycles. The van der Waals surface area contributed by atoms with Crippen molar-refractivity contribution in [1.29, 1.82) is 0 Å². The number of rotatable bonds is 2. The zero-order valence-electron chi connectivity index (χ0n) is 12.8. The average molecular weight is 351 g/mol. The molecule has 1 aliphatic rings. The van der Waals surface area contributed by atoms with E-state index in [1.54, 1.807) is 24.3 Å². The molecule has 24 heavy (non-hydrogen) atoms. The molecule has 1 N–H and O–H groups in total. The minimum Gasteiger partial charge on any atom is -0.352 e. The van der Waals surface area contributed by atoms with E-state index in [1.807, 2.05) is 0 Å². The predicted molar refractivity (Wildman–Crippen MR) is 85.2 cm³/mol. The molecule has 0 radical (unpaired) electrons. The van der Waals surface area contributed by atoms with Crippen LogP contribution < -0.4 is 11.0 Å². The lowest BCUT2D eigenvalue weighted by atomic mass is 10.3. The van der Waals surface area contributed by atoms with Gasteiger partial charge in [-0.05, 0) is 35.0 Å². The lowest BCUT2D eigenvalue weighted by Crippen LogP contribution is -2.42. The van der Waals surface area contributed by atoms with Crippen molar-refractivity contribution in [3.8, 4) is 5.69 Å². The van der Waals surface area contributed by atoms with Crippen LogP contribution in [0.5, 0.6) is 0 Å². The third-order valence-corrected chi connectivity index (χ3v) is 3.92. The summed E-state index contributed by atoms with van der Waals surface area (Å²) in [5, 5.41) is 10.6. The van der Waals surface area contributed by atoms with Gasteiger partial charge in [0.05, 0.1) is 5.69 Å². The highest BCUT2D eigenvalue weighted by Crippen LogP contribution is 2.13. The van der Waals surface area contributed by atoms with Crippen molar-refractivity contribution in [2.75, 3.05) is 13.1 Å². The molecule has 2 amide bonds. The lowest BCUT2D eigenvalue weighted by Gasteiger charge is -2.15. The molecule has 1 aromatic carbocycles. The van der Waals surface area contributed by atoms with Gasteiger partial charge < -0.3 is 10.2 Å². The van der Waals surface area contributed by atoms with Crippen molar-refractivity contribution in [3.05, 3.63) is 39.8 Å². The summed E-state index contributed by atoms with van der Waals surface area (Å²) < 4.78 is 1.71. The van der Waals surface area contributed by atoms with Crippen LogP contribution in [0.15, 0.2) is 29.1 Å². The Balaban J connectivity index is 1.80. The van der Waals surface area contributed by atoms with Gasteiger partial charge in [0.15, 0.2) is 0 Å². The second-order valence-corrected chi connectivity index (χ2v) is 5.92. The van der Waals surface area contributed by atoms with Crippen molar-refractivity contribution >= 4 is 23.5 Å². The van der Waals surface area contributed by atoms with Gasteiger partial charge in [-0.15, -0.1) is 4.68 Å². The van der Waals surface area contributed by atoms with Crippen molar-refractivity contribution in [3.63, 3.8) is 0 Å². The second kappa shape index (κ2) is 6.44. The number of halogens is 1. The zero-order valence-corrected chi connectivity index (χ0v) is 13.6. The molecular formula is C14H15ClN6O3. The SMILES string of the molecule is CC(=O)N[C@@H]1CCN(C(=O)n2nnn(-c3cccc(Cl)c3)c2=O)C1. The van der Waals surface area contributed by atoms with E-state index in [1.165, 1.54) is 11.8 Å². The molecule has 0 bridgehead atoms. The van der Waals surface area contributed by atoms with E-state index in [0.29, 0.717) is 34.9 Å². The number of hydrogen-bond donors (Lipinski definition) is 1. The maximum atomic E-state index is 12.4. The van der Waals surface area contributed by atoms with Gasteiger partial charge in [-0.25, -0.2) is 9.59 Å². The normalized spacial score (nSPS) is 17.1. The summed E-state index contributed by atoms with van der Waals surface area (Å²) >= 11 is 5.90.